The van der Waals surface area contributed by atoms with Crippen LogP contribution < -0.4 is 10.6 Å². The van der Waals surface area contributed by atoms with Gasteiger partial charge in [-0.25, -0.2) is 9.97 Å². The first-order valence-corrected chi connectivity index (χ1v) is 6.64. The predicted octanol–water partition coefficient (Wildman–Crippen LogP) is 1.32. The second kappa shape index (κ2) is 5.52. The number of nitrogens with zero attached hydrogens (tertiary/aromatic N) is 4. The summed E-state index contributed by atoms with van der Waals surface area (Å²) in [6.07, 6.45) is 1.16. The quantitative estimate of drug-likeness (QED) is 0.856. The summed E-state index contributed by atoms with van der Waals surface area (Å²) in [6.45, 7) is 8.45. The van der Waals surface area contributed by atoms with Gasteiger partial charge in [-0.1, -0.05) is 13.8 Å². The monoisotopic (exact) mass is 249 g/mol. The lowest BCUT2D eigenvalue weighted by Crippen LogP contribution is -2.29. The molecule has 0 saturated carbocycles. The maximum Gasteiger partial charge on any atom is 0.135 e. The molecule has 0 aliphatic carbocycles. The van der Waals surface area contributed by atoms with E-state index in [-0.39, 0.29) is 0 Å². The zero-order valence-electron chi connectivity index (χ0n) is 11.6. The predicted molar refractivity (Wildman–Crippen MR) is 74.9 cm³/mol. The van der Waals surface area contributed by atoms with Crippen LogP contribution in [-0.2, 0) is 0 Å². The van der Waals surface area contributed by atoms with Crippen LogP contribution in [0, 0.1) is 0 Å². The van der Waals surface area contributed by atoms with Gasteiger partial charge in [0.2, 0.25) is 0 Å². The average molecular weight is 249 g/mol. The third kappa shape index (κ3) is 3.10. The summed E-state index contributed by atoms with van der Waals surface area (Å²) in [5.41, 5.74) is 5.88. The van der Waals surface area contributed by atoms with Crippen LogP contribution in [0.15, 0.2) is 6.07 Å². The van der Waals surface area contributed by atoms with Crippen molar-refractivity contribution in [3.05, 3.63) is 11.9 Å². The number of aromatic nitrogens is 2. The lowest BCUT2D eigenvalue weighted by Gasteiger charge is -2.22. The van der Waals surface area contributed by atoms with Gasteiger partial charge in [0.05, 0.1) is 0 Å². The number of hydrogen-bond donors (Lipinski definition) is 1. The molecule has 1 fully saturated rings. The Labute approximate surface area is 109 Å². The Hall–Kier alpha value is -1.36. The molecule has 0 aromatic carbocycles. The average Bonchev–Trinajstić information content (AvgIpc) is 2.53. The molecule has 0 unspecified atom stereocenters. The minimum absolute atomic E-state index is 0.307. The fourth-order valence-corrected chi connectivity index (χ4v) is 2.17. The molecule has 5 heteroatoms. The highest BCUT2D eigenvalue weighted by Crippen LogP contribution is 2.19. The summed E-state index contributed by atoms with van der Waals surface area (Å²) in [7, 11) is 2.16. The molecule has 1 aromatic rings. The summed E-state index contributed by atoms with van der Waals surface area (Å²) in [6, 6.07) is 1.89. The Kier molecular flexibility index (Phi) is 4.01. The zero-order valence-corrected chi connectivity index (χ0v) is 11.6. The zero-order chi connectivity index (χ0) is 13.1. The van der Waals surface area contributed by atoms with E-state index >= 15 is 0 Å². The van der Waals surface area contributed by atoms with E-state index in [1.807, 2.05) is 6.07 Å². The SMILES string of the molecule is CC(C)c1nc(N)cc(N2CCCN(C)CC2)n1. The van der Waals surface area contributed by atoms with Crippen LogP contribution in [0.5, 0.6) is 0 Å². The number of rotatable bonds is 2. The van der Waals surface area contributed by atoms with Gasteiger partial charge in [-0.2, -0.15) is 0 Å². The molecule has 1 aliphatic rings. The lowest BCUT2D eigenvalue weighted by atomic mass is 10.2. The van der Waals surface area contributed by atoms with E-state index in [9.17, 15) is 0 Å². The highest BCUT2D eigenvalue weighted by Gasteiger charge is 2.15. The number of likely N-dealkylation sites (N-methyl/N-ethyl adjacent to an activating group) is 1. The van der Waals surface area contributed by atoms with Crippen molar-refractivity contribution >= 4 is 11.6 Å². The third-order valence-electron chi connectivity index (χ3n) is 3.31. The lowest BCUT2D eigenvalue weighted by molar-refractivity contribution is 0.360. The van der Waals surface area contributed by atoms with Crippen LogP contribution in [0.4, 0.5) is 11.6 Å². The minimum atomic E-state index is 0.307. The second-order valence-corrected chi connectivity index (χ2v) is 5.31. The van der Waals surface area contributed by atoms with Crippen LogP contribution in [-0.4, -0.2) is 48.1 Å². The number of nitrogen functional groups attached to an aromatic ring is 1. The Morgan fingerprint density at radius 3 is 2.67 bits per heavy atom. The molecular formula is C13H23N5. The van der Waals surface area contributed by atoms with E-state index in [4.69, 9.17) is 5.73 Å². The third-order valence-corrected chi connectivity index (χ3v) is 3.31. The van der Waals surface area contributed by atoms with E-state index in [0.29, 0.717) is 11.7 Å². The Morgan fingerprint density at radius 1 is 1.17 bits per heavy atom. The normalized spacial score (nSPS) is 18.1. The summed E-state index contributed by atoms with van der Waals surface area (Å²) >= 11 is 0. The van der Waals surface area contributed by atoms with Crippen molar-refractivity contribution in [2.45, 2.75) is 26.2 Å². The Bertz CT molecular complexity index is 404. The summed E-state index contributed by atoms with van der Waals surface area (Å²) in [5, 5.41) is 0. The molecule has 18 heavy (non-hydrogen) atoms. The minimum Gasteiger partial charge on any atom is -0.384 e. The molecule has 1 aliphatic heterocycles. The summed E-state index contributed by atoms with van der Waals surface area (Å²) in [5.74, 6) is 2.69. The second-order valence-electron chi connectivity index (χ2n) is 5.31. The van der Waals surface area contributed by atoms with Gasteiger partial charge in [-0.15, -0.1) is 0 Å². The maximum atomic E-state index is 5.88. The summed E-state index contributed by atoms with van der Waals surface area (Å²) in [4.78, 5) is 13.6. The Balaban J connectivity index is 2.21. The van der Waals surface area contributed by atoms with Crippen LogP contribution in [0.3, 0.4) is 0 Å². The highest BCUT2D eigenvalue weighted by atomic mass is 15.2. The standard InChI is InChI=1S/C13H23N5/c1-10(2)13-15-11(14)9-12(16-13)18-6-4-5-17(3)7-8-18/h9-10H,4-8H2,1-3H3,(H2,14,15,16). The van der Waals surface area contributed by atoms with E-state index < -0.39 is 0 Å². The maximum absolute atomic E-state index is 5.88. The molecule has 0 spiro atoms. The number of nitrogens with two attached hydrogens (primary N) is 1. The van der Waals surface area contributed by atoms with Crippen molar-refractivity contribution in [1.29, 1.82) is 0 Å². The fourth-order valence-electron chi connectivity index (χ4n) is 2.17. The Morgan fingerprint density at radius 2 is 1.94 bits per heavy atom. The van der Waals surface area contributed by atoms with Crippen molar-refractivity contribution < 1.29 is 0 Å². The number of hydrogen-bond acceptors (Lipinski definition) is 5. The van der Waals surface area contributed by atoms with Gasteiger partial charge in [0.25, 0.3) is 0 Å². The van der Waals surface area contributed by atoms with Crippen molar-refractivity contribution in [2.75, 3.05) is 43.9 Å². The first-order valence-electron chi connectivity index (χ1n) is 6.64. The fraction of sp³-hybridized carbons (Fsp3) is 0.692. The molecule has 0 amide bonds. The van der Waals surface area contributed by atoms with Crippen LogP contribution >= 0.6 is 0 Å². The number of anilines is 2. The largest absolute Gasteiger partial charge is 0.384 e. The van der Waals surface area contributed by atoms with Gasteiger partial charge >= 0.3 is 0 Å². The van der Waals surface area contributed by atoms with Gasteiger partial charge in [0.15, 0.2) is 0 Å². The molecule has 0 bridgehead atoms. The molecule has 1 saturated heterocycles. The van der Waals surface area contributed by atoms with Crippen LogP contribution in [0.1, 0.15) is 32.0 Å². The topological polar surface area (TPSA) is 58.3 Å². The first kappa shape index (κ1) is 13.1. The molecular weight excluding hydrogens is 226 g/mol. The highest BCUT2D eigenvalue weighted by molar-refractivity contribution is 5.47. The molecule has 5 nitrogen and oxygen atoms in total. The van der Waals surface area contributed by atoms with Gasteiger partial charge < -0.3 is 15.5 Å². The van der Waals surface area contributed by atoms with Gasteiger partial charge in [0, 0.05) is 31.6 Å². The van der Waals surface area contributed by atoms with Crippen molar-refractivity contribution in [3.63, 3.8) is 0 Å². The first-order chi connectivity index (χ1) is 8.56. The van der Waals surface area contributed by atoms with E-state index in [1.54, 1.807) is 0 Å². The molecule has 2 rings (SSSR count). The van der Waals surface area contributed by atoms with Crippen molar-refractivity contribution in [2.24, 2.45) is 0 Å². The van der Waals surface area contributed by atoms with Crippen molar-refractivity contribution in [1.82, 2.24) is 14.9 Å². The molecule has 1 aromatic heterocycles. The smallest absolute Gasteiger partial charge is 0.135 e. The van der Waals surface area contributed by atoms with Crippen LogP contribution in [0.2, 0.25) is 0 Å². The molecule has 2 heterocycles. The van der Waals surface area contributed by atoms with E-state index in [0.717, 1.165) is 44.2 Å². The molecule has 0 radical (unpaired) electrons. The van der Waals surface area contributed by atoms with Crippen molar-refractivity contribution in [3.8, 4) is 0 Å². The molecule has 0 atom stereocenters. The molecule has 2 N–H and O–H groups in total. The molecule has 100 valence electrons. The van der Waals surface area contributed by atoms with Gasteiger partial charge in [-0.3, -0.25) is 0 Å². The van der Waals surface area contributed by atoms with Gasteiger partial charge in [0.1, 0.15) is 17.5 Å². The summed E-state index contributed by atoms with van der Waals surface area (Å²) < 4.78 is 0. The van der Waals surface area contributed by atoms with E-state index in [2.05, 4.69) is 40.7 Å². The van der Waals surface area contributed by atoms with Gasteiger partial charge in [-0.05, 0) is 20.0 Å². The van der Waals surface area contributed by atoms with E-state index in [1.165, 1.54) is 0 Å². The van der Waals surface area contributed by atoms with Crippen LogP contribution in [0.25, 0.3) is 0 Å².